The SMILES string of the molecule is C/C=C/CNC(=O)c1cc(OC)c(OC)c(OC)c1. The zero-order chi connectivity index (χ0) is 14.3. The first-order valence-corrected chi connectivity index (χ1v) is 5.87. The van der Waals surface area contributed by atoms with E-state index < -0.39 is 0 Å². The molecule has 0 unspecified atom stereocenters. The molecular weight excluding hydrogens is 246 g/mol. The van der Waals surface area contributed by atoms with Crippen molar-refractivity contribution in [2.45, 2.75) is 6.92 Å². The van der Waals surface area contributed by atoms with Crippen LogP contribution < -0.4 is 19.5 Å². The van der Waals surface area contributed by atoms with Gasteiger partial charge in [0.15, 0.2) is 11.5 Å². The Kier molecular flexibility index (Phi) is 5.73. The molecule has 0 aliphatic carbocycles. The van der Waals surface area contributed by atoms with Crippen molar-refractivity contribution in [2.24, 2.45) is 0 Å². The summed E-state index contributed by atoms with van der Waals surface area (Å²) in [5.74, 6) is 1.18. The second-order valence-corrected chi connectivity index (χ2v) is 3.69. The highest BCUT2D eigenvalue weighted by Crippen LogP contribution is 2.38. The molecule has 1 N–H and O–H groups in total. The molecule has 0 radical (unpaired) electrons. The molecular formula is C14H19NO4. The van der Waals surface area contributed by atoms with Crippen molar-refractivity contribution in [3.05, 3.63) is 29.8 Å². The lowest BCUT2D eigenvalue weighted by Gasteiger charge is -2.13. The van der Waals surface area contributed by atoms with E-state index in [2.05, 4.69) is 5.32 Å². The fraction of sp³-hybridized carbons (Fsp3) is 0.357. The molecule has 5 nitrogen and oxygen atoms in total. The van der Waals surface area contributed by atoms with Crippen molar-refractivity contribution in [2.75, 3.05) is 27.9 Å². The minimum Gasteiger partial charge on any atom is -0.493 e. The Morgan fingerprint density at radius 2 is 1.74 bits per heavy atom. The van der Waals surface area contributed by atoms with Gasteiger partial charge in [-0.05, 0) is 19.1 Å². The summed E-state index contributed by atoms with van der Waals surface area (Å²) in [5, 5.41) is 2.76. The largest absolute Gasteiger partial charge is 0.493 e. The van der Waals surface area contributed by atoms with Gasteiger partial charge in [0.1, 0.15) is 0 Å². The minimum absolute atomic E-state index is 0.197. The summed E-state index contributed by atoms with van der Waals surface area (Å²) in [6.07, 6.45) is 3.73. The predicted molar refractivity (Wildman–Crippen MR) is 73.2 cm³/mol. The highest BCUT2D eigenvalue weighted by Gasteiger charge is 2.16. The van der Waals surface area contributed by atoms with Gasteiger partial charge < -0.3 is 19.5 Å². The van der Waals surface area contributed by atoms with Gasteiger partial charge in [-0.2, -0.15) is 0 Å². The molecule has 0 aliphatic rings. The van der Waals surface area contributed by atoms with Crippen LogP contribution in [0.15, 0.2) is 24.3 Å². The van der Waals surface area contributed by atoms with Crippen molar-refractivity contribution in [3.8, 4) is 17.2 Å². The van der Waals surface area contributed by atoms with Crippen LogP contribution in [0.5, 0.6) is 17.2 Å². The first-order valence-electron chi connectivity index (χ1n) is 5.87. The Balaban J connectivity index is 3.05. The Morgan fingerprint density at radius 1 is 1.16 bits per heavy atom. The number of ether oxygens (including phenoxy) is 3. The number of rotatable bonds is 6. The second kappa shape index (κ2) is 7.31. The summed E-state index contributed by atoms with van der Waals surface area (Å²) in [7, 11) is 4.55. The Labute approximate surface area is 113 Å². The first kappa shape index (κ1) is 14.9. The summed E-state index contributed by atoms with van der Waals surface area (Å²) in [6.45, 7) is 2.37. The fourth-order valence-corrected chi connectivity index (χ4v) is 1.58. The molecule has 0 atom stereocenters. The Hall–Kier alpha value is -2.17. The van der Waals surface area contributed by atoms with E-state index in [1.807, 2.05) is 19.1 Å². The topological polar surface area (TPSA) is 56.8 Å². The molecule has 0 saturated heterocycles. The van der Waals surface area contributed by atoms with E-state index in [-0.39, 0.29) is 5.91 Å². The van der Waals surface area contributed by atoms with Crippen LogP contribution in [-0.2, 0) is 0 Å². The van der Waals surface area contributed by atoms with Crippen molar-refractivity contribution >= 4 is 5.91 Å². The molecule has 1 aromatic rings. The molecule has 104 valence electrons. The van der Waals surface area contributed by atoms with Crippen molar-refractivity contribution in [1.82, 2.24) is 5.32 Å². The van der Waals surface area contributed by atoms with Crippen LogP contribution in [0.1, 0.15) is 17.3 Å². The van der Waals surface area contributed by atoms with Crippen LogP contribution in [0.2, 0.25) is 0 Å². The molecule has 1 aromatic carbocycles. The molecule has 5 heteroatoms. The second-order valence-electron chi connectivity index (χ2n) is 3.69. The third kappa shape index (κ3) is 3.64. The summed E-state index contributed by atoms with van der Waals surface area (Å²) < 4.78 is 15.6. The van der Waals surface area contributed by atoms with Gasteiger partial charge in [0.05, 0.1) is 21.3 Å². The fourth-order valence-electron chi connectivity index (χ4n) is 1.58. The number of carbonyl (C=O) groups is 1. The molecule has 1 amide bonds. The standard InChI is InChI=1S/C14H19NO4/c1-5-6-7-15-14(16)10-8-11(17-2)13(19-4)12(9-10)18-3/h5-6,8-9H,7H2,1-4H3,(H,15,16)/b6-5+. The third-order valence-corrected chi connectivity index (χ3v) is 2.54. The number of nitrogens with one attached hydrogen (secondary N) is 1. The normalized spacial score (nSPS) is 10.3. The number of amides is 1. The van der Waals surface area contributed by atoms with Gasteiger partial charge in [0, 0.05) is 12.1 Å². The van der Waals surface area contributed by atoms with Gasteiger partial charge in [-0.25, -0.2) is 0 Å². The zero-order valence-corrected chi connectivity index (χ0v) is 11.6. The van der Waals surface area contributed by atoms with Crippen molar-refractivity contribution < 1.29 is 19.0 Å². The van der Waals surface area contributed by atoms with Crippen LogP contribution >= 0.6 is 0 Å². The van der Waals surface area contributed by atoms with Crippen LogP contribution in [-0.4, -0.2) is 33.8 Å². The summed E-state index contributed by atoms with van der Waals surface area (Å²) >= 11 is 0. The maximum absolute atomic E-state index is 12.0. The van der Waals surface area contributed by atoms with Crippen molar-refractivity contribution in [3.63, 3.8) is 0 Å². The Bertz CT molecular complexity index is 444. The number of benzene rings is 1. The van der Waals surface area contributed by atoms with Gasteiger partial charge >= 0.3 is 0 Å². The van der Waals surface area contributed by atoms with Crippen LogP contribution in [0.3, 0.4) is 0 Å². The zero-order valence-electron chi connectivity index (χ0n) is 11.6. The molecule has 0 bridgehead atoms. The molecule has 19 heavy (non-hydrogen) atoms. The molecule has 0 aliphatic heterocycles. The summed E-state index contributed by atoms with van der Waals surface area (Å²) in [6, 6.07) is 3.23. The number of carbonyl (C=O) groups excluding carboxylic acids is 1. The quantitative estimate of drug-likeness (QED) is 0.799. The van der Waals surface area contributed by atoms with Crippen molar-refractivity contribution in [1.29, 1.82) is 0 Å². The maximum Gasteiger partial charge on any atom is 0.251 e. The van der Waals surface area contributed by atoms with Gasteiger partial charge in [-0.1, -0.05) is 12.2 Å². The van der Waals surface area contributed by atoms with E-state index in [9.17, 15) is 4.79 Å². The lowest BCUT2D eigenvalue weighted by molar-refractivity contribution is 0.0957. The molecule has 0 saturated carbocycles. The minimum atomic E-state index is -0.197. The predicted octanol–water partition coefficient (Wildman–Crippen LogP) is 2.02. The van der Waals surface area contributed by atoms with E-state index in [0.717, 1.165) is 0 Å². The average molecular weight is 265 g/mol. The first-order chi connectivity index (χ1) is 9.17. The van der Waals surface area contributed by atoms with Crippen LogP contribution in [0.25, 0.3) is 0 Å². The van der Waals surface area contributed by atoms with Gasteiger partial charge in [0.25, 0.3) is 5.91 Å². The van der Waals surface area contributed by atoms with E-state index in [0.29, 0.717) is 29.4 Å². The maximum atomic E-state index is 12.0. The monoisotopic (exact) mass is 265 g/mol. The molecule has 0 spiro atoms. The third-order valence-electron chi connectivity index (χ3n) is 2.54. The Morgan fingerprint density at radius 3 is 2.16 bits per heavy atom. The number of allylic oxidation sites excluding steroid dienone is 1. The molecule has 0 aromatic heterocycles. The van der Waals surface area contributed by atoms with E-state index in [1.165, 1.54) is 21.3 Å². The van der Waals surface area contributed by atoms with Crippen LogP contribution in [0.4, 0.5) is 0 Å². The lowest BCUT2D eigenvalue weighted by atomic mass is 10.1. The van der Waals surface area contributed by atoms with Gasteiger partial charge in [-0.15, -0.1) is 0 Å². The number of hydrogen-bond acceptors (Lipinski definition) is 4. The molecule has 1 rings (SSSR count). The summed E-state index contributed by atoms with van der Waals surface area (Å²) in [5.41, 5.74) is 0.457. The lowest BCUT2D eigenvalue weighted by Crippen LogP contribution is -2.23. The average Bonchev–Trinajstić information content (AvgIpc) is 2.45. The smallest absolute Gasteiger partial charge is 0.251 e. The molecule has 0 heterocycles. The van der Waals surface area contributed by atoms with Crippen LogP contribution in [0, 0.1) is 0 Å². The summed E-state index contributed by atoms with van der Waals surface area (Å²) in [4.78, 5) is 12.0. The van der Waals surface area contributed by atoms with E-state index in [4.69, 9.17) is 14.2 Å². The number of hydrogen-bond donors (Lipinski definition) is 1. The number of methoxy groups -OCH3 is 3. The van der Waals surface area contributed by atoms with E-state index in [1.54, 1.807) is 12.1 Å². The highest BCUT2D eigenvalue weighted by molar-refractivity contribution is 5.95. The van der Waals surface area contributed by atoms with E-state index >= 15 is 0 Å². The highest BCUT2D eigenvalue weighted by atomic mass is 16.5. The van der Waals surface area contributed by atoms with Gasteiger partial charge in [0.2, 0.25) is 5.75 Å². The van der Waals surface area contributed by atoms with Gasteiger partial charge in [-0.3, -0.25) is 4.79 Å². The molecule has 0 fully saturated rings.